The first kappa shape index (κ1) is 18.4. The zero-order valence-electron chi connectivity index (χ0n) is 13.4. The van der Waals surface area contributed by atoms with E-state index in [1.165, 1.54) is 11.8 Å². The Kier molecular flexibility index (Phi) is 6.70. The van der Waals surface area contributed by atoms with Gasteiger partial charge in [-0.3, -0.25) is 9.59 Å². The summed E-state index contributed by atoms with van der Waals surface area (Å²) >= 11 is 7.14. The summed E-state index contributed by atoms with van der Waals surface area (Å²) < 4.78 is 5.16. The third-order valence-electron chi connectivity index (χ3n) is 3.17. The van der Waals surface area contributed by atoms with Crippen LogP contribution in [0, 0.1) is 6.92 Å². The van der Waals surface area contributed by atoms with Crippen molar-refractivity contribution < 1.29 is 14.3 Å². The lowest BCUT2D eigenvalue weighted by atomic mass is 10.2. The van der Waals surface area contributed by atoms with Gasteiger partial charge in [-0.1, -0.05) is 29.3 Å². The van der Waals surface area contributed by atoms with Crippen molar-refractivity contribution in [1.82, 2.24) is 0 Å². The van der Waals surface area contributed by atoms with Crippen molar-refractivity contribution in [3.63, 3.8) is 0 Å². The Balaban J connectivity index is 1.78. The summed E-state index contributed by atoms with van der Waals surface area (Å²) in [4.78, 5) is 24.8. The maximum absolute atomic E-state index is 12.0. The molecule has 1 amide bonds. The number of hydrogen-bond acceptors (Lipinski definition) is 4. The number of esters is 1. The minimum atomic E-state index is -0.857. The molecular formula is C18H18ClNO3S. The topological polar surface area (TPSA) is 55.4 Å². The normalized spacial score (nSPS) is 11.6. The van der Waals surface area contributed by atoms with E-state index >= 15 is 0 Å². The molecule has 0 aliphatic rings. The Morgan fingerprint density at radius 2 is 1.75 bits per heavy atom. The van der Waals surface area contributed by atoms with Crippen LogP contribution in [0.25, 0.3) is 0 Å². The number of ether oxygens (including phenoxy) is 1. The van der Waals surface area contributed by atoms with Crippen LogP contribution in [0.4, 0.5) is 5.69 Å². The van der Waals surface area contributed by atoms with E-state index < -0.39 is 12.1 Å². The number of thioether (sulfide) groups is 1. The highest BCUT2D eigenvalue weighted by molar-refractivity contribution is 8.00. The maximum atomic E-state index is 12.0. The average molecular weight is 364 g/mol. The van der Waals surface area contributed by atoms with Gasteiger partial charge in [0.2, 0.25) is 0 Å². The van der Waals surface area contributed by atoms with Crippen molar-refractivity contribution >= 4 is 40.9 Å². The van der Waals surface area contributed by atoms with E-state index in [1.54, 1.807) is 31.2 Å². The van der Waals surface area contributed by atoms with Gasteiger partial charge in [-0.15, -0.1) is 11.8 Å². The van der Waals surface area contributed by atoms with Gasteiger partial charge in [0.25, 0.3) is 5.91 Å². The fourth-order valence-corrected chi connectivity index (χ4v) is 2.65. The number of nitrogens with one attached hydrogen (secondary N) is 1. The molecule has 0 saturated carbocycles. The minimum Gasteiger partial charge on any atom is -0.452 e. The van der Waals surface area contributed by atoms with Crippen molar-refractivity contribution in [2.75, 3.05) is 11.1 Å². The van der Waals surface area contributed by atoms with E-state index in [9.17, 15) is 9.59 Å². The number of halogens is 1. The van der Waals surface area contributed by atoms with Crippen LogP contribution in [0.3, 0.4) is 0 Å². The molecular weight excluding hydrogens is 346 g/mol. The minimum absolute atomic E-state index is 0.129. The smallest absolute Gasteiger partial charge is 0.317 e. The van der Waals surface area contributed by atoms with Gasteiger partial charge in [-0.25, -0.2) is 0 Å². The van der Waals surface area contributed by atoms with Gasteiger partial charge in [0.15, 0.2) is 6.10 Å². The lowest BCUT2D eigenvalue weighted by Gasteiger charge is -2.13. The summed E-state index contributed by atoms with van der Waals surface area (Å²) in [5.41, 5.74) is 1.77. The maximum Gasteiger partial charge on any atom is 0.317 e. The van der Waals surface area contributed by atoms with Crippen LogP contribution in [0.5, 0.6) is 0 Å². The van der Waals surface area contributed by atoms with Crippen molar-refractivity contribution in [3.05, 3.63) is 59.1 Å². The highest BCUT2D eigenvalue weighted by Gasteiger charge is 2.18. The molecule has 6 heteroatoms. The zero-order chi connectivity index (χ0) is 17.5. The first-order chi connectivity index (χ1) is 11.4. The van der Waals surface area contributed by atoms with Gasteiger partial charge in [0.1, 0.15) is 0 Å². The van der Waals surface area contributed by atoms with E-state index in [0.717, 1.165) is 10.5 Å². The van der Waals surface area contributed by atoms with Crippen LogP contribution in [-0.4, -0.2) is 23.7 Å². The Morgan fingerprint density at radius 3 is 2.38 bits per heavy atom. The van der Waals surface area contributed by atoms with Gasteiger partial charge in [0, 0.05) is 15.6 Å². The molecule has 1 atom stereocenters. The van der Waals surface area contributed by atoms with Gasteiger partial charge in [-0.05, 0) is 50.2 Å². The Bertz CT molecular complexity index is 701. The highest BCUT2D eigenvalue weighted by Crippen LogP contribution is 2.20. The van der Waals surface area contributed by atoms with Gasteiger partial charge in [0.05, 0.1) is 5.75 Å². The molecule has 0 bridgehead atoms. The number of benzene rings is 2. The van der Waals surface area contributed by atoms with E-state index in [4.69, 9.17) is 16.3 Å². The molecule has 0 aromatic heterocycles. The van der Waals surface area contributed by atoms with Crippen LogP contribution in [0.15, 0.2) is 53.4 Å². The third kappa shape index (κ3) is 5.91. The number of aryl methyl sites for hydroxylation is 1. The average Bonchev–Trinajstić information content (AvgIpc) is 2.56. The highest BCUT2D eigenvalue weighted by atomic mass is 35.5. The Labute approximate surface area is 150 Å². The Morgan fingerprint density at radius 1 is 1.12 bits per heavy atom. The second-order valence-corrected chi connectivity index (χ2v) is 6.72. The van der Waals surface area contributed by atoms with Crippen LogP contribution in [-0.2, 0) is 14.3 Å². The monoisotopic (exact) mass is 363 g/mol. The molecule has 2 rings (SSSR count). The number of hydrogen-bond donors (Lipinski definition) is 1. The van der Waals surface area contributed by atoms with Crippen LogP contribution in [0.2, 0.25) is 5.02 Å². The fraction of sp³-hybridized carbons (Fsp3) is 0.222. The first-order valence-corrected chi connectivity index (χ1v) is 8.76. The quantitative estimate of drug-likeness (QED) is 0.613. The summed E-state index contributed by atoms with van der Waals surface area (Å²) in [6.07, 6.45) is -0.857. The van der Waals surface area contributed by atoms with Crippen molar-refractivity contribution in [2.45, 2.75) is 24.8 Å². The number of amides is 1. The molecule has 1 unspecified atom stereocenters. The van der Waals surface area contributed by atoms with Crippen molar-refractivity contribution in [3.8, 4) is 0 Å². The van der Waals surface area contributed by atoms with Gasteiger partial charge >= 0.3 is 5.97 Å². The lowest BCUT2D eigenvalue weighted by Crippen LogP contribution is -2.30. The summed E-state index contributed by atoms with van der Waals surface area (Å²) in [6, 6.07) is 14.6. The largest absolute Gasteiger partial charge is 0.452 e. The molecule has 0 saturated heterocycles. The van der Waals surface area contributed by atoms with Gasteiger partial charge < -0.3 is 10.1 Å². The zero-order valence-corrected chi connectivity index (χ0v) is 15.0. The number of rotatable bonds is 6. The predicted molar refractivity (Wildman–Crippen MR) is 97.5 cm³/mol. The predicted octanol–water partition coefficient (Wildman–Crippen LogP) is 4.31. The van der Waals surface area contributed by atoms with E-state index in [2.05, 4.69) is 5.32 Å². The molecule has 0 radical (unpaired) electrons. The molecule has 4 nitrogen and oxygen atoms in total. The van der Waals surface area contributed by atoms with Crippen LogP contribution >= 0.6 is 23.4 Å². The number of carbonyl (C=O) groups is 2. The molecule has 2 aromatic rings. The van der Waals surface area contributed by atoms with E-state index in [0.29, 0.717) is 10.7 Å². The third-order valence-corrected chi connectivity index (χ3v) is 4.40. The molecule has 1 N–H and O–H groups in total. The SMILES string of the molecule is Cc1ccc(NC(=O)C(C)OC(=O)CSc2ccc(Cl)cc2)cc1. The molecule has 2 aromatic carbocycles. The van der Waals surface area contributed by atoms with Gasteiger partial charge in [-0.2, -0.15) is 0 Å². The Hall–Kier alpha value is -1.98. The second-order valence-electron chi connectivity index (χ2n) is 5.23. The summed E-state index contributed by atoms with van der Waals surface area (Å²) in [5, 5.41) is 3.36. The summed E-state index contributed by atoms with van der Waals surface area (Å²) in [7, 11) is 0. The van der Waals surface area contributed by atoms with Crippen LogP contribution in [0.1, 0.15) is 12.5 Å². The molecule has 0 aliphatic carbocycles. The second kappa shape index (κ2) is 8.76. The lowest BCUT2D eigenvalue weighted by molar-refractivity contribution is -0.150. The van der Waals surface area contributed by atoms with E-state index in [1.807, 2.05) is 31.2 Å². The molecule has 0 heterocycles. The van der Waals surface area contributed by atoms with Crippen LogP contribution < -0.4 is 5.32 Å². The fourth-order valence-electron chi connectivity index (χ4n) is 1.84. The number of carbonyl (C=O) groups excluding carboxylic acids is 2. The van der Waals surface area contributed by atoms with Crippen molar-refractivity contribution in [1.29, 1.82) is 0 Å². The summed E-state index contributed by atoms with van der Waals surface area (Å²) in [6.45, 7) is 3.52. The molecule has 24 heavy (non-hydrogen) atoms. The summed E-state index contributed by atoms with van der Waals surface area (Å²) in [5.74, 6) is -0.672. The molecule has 0 fully saturated rings. The van der Waals surface area contributed by atoms with Crippen molar-refractivity contribution in [2.24, 2.45) is 0 Å². The standard InChI is InChI=1S/C18H18ClNO3S/c1-12-3-7-15(8-4-12)20-18(22)13(2)23-17(21)11-24-16-9-5-14(19)6-10-16/h3-10,13H,11H2,1-2H3,(H,20,22). The molecule has 0 aliphatic heterocycles. The van der Waals surface area contributed by atoms with E-state index in [-0.39, 0.29) is 11.7 Å². The first-order valence-electron chi connectivity index (χ1n) is 7.39. The molecule has 126 valence electrons. The number of anilines is 1. The molecule has 0 spiro atoms.